The maximum Gasteiger partial charge on any atom is 0.417 e. The number of ether oxygens (including phenoxy) is 3. The summed E-state index contributed by atoms with van der Waals surface area (Å²) in [5, 5.41) is 49.4. The Morgan fingerprint density at radius 1 is 1.10 bits per heavy atom. The largest absolute Gasteiger partial charge is 0.417 e. The Morgan fingerprint density at radius 2 is 1.77 bits per heavy atom. The molecule has 0 saturated carbocycles. The fourth-order valence-corrected chi connectivity index (χ4v) is 6.84. The minimum Gasteiger partial charge on any atom is -0.394 e. The number of carbonyl (C=O) groups excluding carboxylic acids is 2. The maximum atomic E-state index is 13.9. The third-order valence-electron chi connectivity index (χ3n) is 8.85. The number of aliphatic hydroxyl groups is 4. The first-order chi connectivity index (χ1) is 18.8. The number of carbonyl (C=O) groups is 2. The number of nitrogens with zero attached hydrogens (tertiary/aromatic N) is 2. The number of anilines is 1. The van der Waals surface area contributed by atoms with Crippen LogP contribution in [0.1, 0.15) is 44.2 Å². The van der Waals surface area contributed by atoms with E-state index in [1.54, 1.807) is 13.8 Å². The van der Waals surface area contributed by atoms with E-state index >= 15 is 0 Å². The molecule has 11 nitrogen and oxygen atoms in total. The van der Waals surface area contributed by atoms with Crippen molar-refractivity contribution in [3.63, 3.8) is 0 Å². The van der Waals surface area contributed by atoms with Crippen molar-refractivity contribution in [2.24, 2.45) is 11.8 Å². The van der Waals surface area contributed by atoms with Crippen LogP contribution in [-0.2, 0) is 30.0 Å². The second-order valence-corrected chi connectivity index (χ2v) is 10.7. The van der Waals surface area contributed by atoms with Crippen molar-refractivity contribution in [3.05, 3.63) is 29.3 Å². The van der Waals surface area contributed by atoms with Gasteiger partial charge in [0.15, 0.2) is 6.29 Å². The zero-order chi connectivity index (χ0) is 29.4. The molecular formula is C26H29F3N2O9. The van der Waals surface area contributed by atoms with E-state index in [-0.39, 0.29) is 24.9 Å². The number of benzene rings is 1. The smallest absolute Gasteiger partial charge is 0.394 e. The lowest BCUT2D eigenvalue weighted by Gasteiger charge is -2.44. The Balaban J connectivity index is 1.51. The van der Waals surface area contributed by atoms with Crippen LogP contribution < -0.4 is 4.90 Å². The zero-order valence-corrected chi connectivity index (χ0v) is 21.5. The van der Waals surface area contributed by atoms with Crippen molar-refractivity contribution < 1.29 is 57.4 Å². The lowest BCUT2D eigenvalue weighted by molar-refractivity contribution is -0.320. The van der Waals surface area contributed by atoms with Gasteiger partial charge in [0.1, 0.15) is 30.0 Å². The Bertz CT molecular complexity index is 1250. The highest BCUT2D eigenvalue weighted by Crippen LogP contribution is 2.64. The van der Waals surface area contributed by atoms with Crippen LogP contribution in [0.2, 0.25) is 0 Å². The fraction of sp³-hybridized carbons (Fsp3) is 0.654. The van der Waals surface area contributed by atoms with Gasteiger partial charge < -0.3 is 34.6 Å². The topological polar surface area (TPSA) is 170 Å². The first-order valence-corrected chi connectivity index (χ1v) is 13.0. The first-order valence-electron chi connectivity index (χ1n) is 13.0. The van der Waals surface area contributed by atoms with Gasteiger partial charge in [0.25, 0.3) is 0 Å². The Hall–Kier alpha value is -2.64. The number of fused-ring (bicyclic) bond motifs is 5. The van der Waals surface area contributed by atoms with Gasteiger partial charge >= 0.3 is 6.18 Å². The Morgan fingerprint density at radius 3 is 2.35 bits per heavy atom. The summed E-state index contributed by atoms with van der Waals surface area (Å²) >= 11 is 0. The molecule has 5 rings (SSSR count). The van der Waals surface area contributed by atoms with Crippen LogP contribution in [0.25, 0.3) is 0 Å². The van der Waals surface area contributed by atoms with Gasteiger partial charge in [-0.15, -0.1) is 0 Å². The number of nitriles is 1. The van der Waals surface area contributed by atoms with Crippen LogP contribution in [0.4, 0.5) is 18.9 Å². The molecule has 0 aromatic heterocycles. The minimum absolute atomic E-state index is 0.0710. The van der Waals surface area contributed by atoms with Gasteiger partial charge in [0.2, 0.25) is 11.8 Å². The SMILES string of the molecule is CCC12C[C@@H](O[C@H]3O[C@H](CO)[C@@H](O)[C@H](O)[C@H]3O)C(CC)(O1)[C@H]1C(=O)N(c3ccc(C#N)c(C(F)(F)F)c3)C(=O)[C@H]12. The number of halogens is 3. The molecule has 14 heteroatoms. The van der Waals surface area contributed by atoms with E-state index in [4.69, 9.17) is 19.5 Å². The van der Waals surface area contributed by atoms with E-state index in [1.165, 1.54) is 6.07 Å². The second kappa shape index (κ2) is 9.73. The summed E-state index contributed by atoms with van der Waals surface area (Å²) in [6.07, 6.45) is -13.2. The van der Waals surface area contributed by atoms with E-state index in [1.807, 2.05) is 0 Å². The van der Waals surface area contributed by atoms with Crippen molar-refractivity contribution in [1.29, 1.82) is 5.26 Å². The molecule has 0 aliphatic carbocycles. The number of rotatable bonds is 6. The van der Waals surface area contributed by atoms with Gasteiger partial charge in [-0.25, -0.2) is 4.90 Å². The number of hydrogen-bond acceptors (Lipinski definition) is 10. The quantitative estimate of drug-likeness (QED) is 0.355. The molecule has 0 spiro atoms. The average molecular weight is 571 g/mol. The molecular weight excluding hydrogens is 541 g/mol. The van der Waals surface area contributed by atoms with Crippen LogP contribution in [0, 0.1) is 23.2 Å². The Kier molecular flexibility index (Phi) is 7.02. The van der Waals surface area contributed by atoms with Crippen LogP contribution >= 0.6 is 0 Å². The molecule has 1 aromatic rings. The van der Waals surface area contributed by atoms with E-state index < -0.39 is 95.6 Å². The predicted octanol–water partition coefficient (Wildman–Crippen LogP) is 0.599. The van der Waals surface area contributed by atoms with Crippen molar-refractivity contribution in [2.45, 2.75) is 87.3 Å². The summed E-state index contributed by atoms with van der Waals surface area (Å²) in [7, 11) is 0. The summed E-state index contributed by atoms with van der Waals surface area (Å²) in [6.45, 7) is 2.76. The molecule has 2 unspecified atom stereocenters. The van der Waals surface area contributed by atoms with E-state index in [0.717, 1.165) is 12.1 Å². The molecule has 40 heavy (non-hydrogen) atoms. The third kappa shape index (κ3) is 3.91. The summed E-state index contributed by atoms with van der Waals surface area (Å²) in [5.41, 5.74) is -4.90. The molecule has 4 N–H and O–H groups in total. The van der Waals surface area contributed by atoms with Gasteiger partial charge in [-0.2, -0.15) is 18.4 Å². The van der Waals surface area contributed by atoms with Crippen molar-refractivity contribution in [1.82, 2.24) is 0 Å². The number of alkyl halides is 3. The molecule has 10 atom stereocenters. The van der Waals surface area contributed by atoms with Gasteiger partial charge in [-0.05, 0) is 31.0 Å². The first kappa shape index (κ1) is 28.9. The van der Waals surface area contributed by atoms with Crippen molar-refractivity contribution in [2.75, 3.05) is 11.5 Å². The summed E-state index contributed by atoms with van der Waals surface area (Å²) in [5.74, 6) is -3.67. The van der Waals surface area contributed by atoms with Crippen molar-refractivity contribution in [3.8, 4) is 6.07 Å². The predicted molar refractivity (Wildman–Crippen MR) is 126 cm³/mol. The maximum absolute atomic E-state index is 13.9. The van der Waals surface area contributed by atoms with Gasteiger partial charge in [0, 0.05) is 6.42 Å². The molecule has 218 valence electrons. The number of hydrogen-bond donors (Lipinski definition) is 4. The Labute approximate surface area is 226 Å². The highest BCUT2D eigenvalue weighted by molar-refractivity contribution is 6.23. The van der Waals surface area contributed by atoms with Crippen LogP contribution in [0.15, 0.2) is 18.2 Å². The number of imide groups is 1. The van der Waals surface area contributed by atoms with Crippen LogP contribution in [0.5, 0.6) is 0 Å². The molecule has 0 radical (unpaired) electrons. The lowest BCUT2D eigenvalue weighted by atomic mass is 9.64. The summed E-state index contributed by atoms with van der Waals surface area (Å²) in [4.78, 5) is 28.3. The van der Waals surface area contributed by atoms with E-state index in [0.29, 0.717) is 11.0 Å². The molecule has 4 aliphatic rings. The van der Waals surface area contributed by atoms with Crippen LogP contribution in [-0.4, -0.2) is 86.9 Å². The third-order valence-corrected chi connectivity index (χ3v) is 8.85. The van der Waals surface area contributed by atoms with Crippen molar-refractivity contribution >= 4 is 17.5 Å². The highest BCUT2D eigenvalue weighted by atomic mass is 19.4. The standard InChI is InChI=1S/C26H29F3N2O9/c1-3-24-8-15(39-23-20(35)19(34)18(33)14(10-32)38-23)25(4-2,40-24)17-16(24)21(36)31(22(17)37)12-6-5-11(9-30)13(7-12)26(27,28)29/h5-7,14-20,23,32-35H,3-4,8,10H2,1-2H3/t14-,15-,16+,17-,18-,19+,20-,23-,24?,25?/m1/s1. The molecule has 4 fully saturated rings. The molecule has 2 amide bonds. The minimum atomic E-state index is -4.90. The summed E-state index contributed by atoms with van der Waals surface area (Å²) in [6, 6.07) is 4.11. The van der Waals surface area contributed by atoms with E-state index in [2.05, 4.69) is 0 Å². The molecule has 4 saturated heterocycles. The van der Waals surface area contributed by atoms with Crippen LogP contribution in [0.3, 0.4) is 0 Å². The van der Waals surface area contributed by atoms with Gasteiger partial charge in [-0.1, -0.05) is 13.8 Å². The lowest BCUT2D eigenvalue weighted by Crippen LogP contribution is -2.61. The average Bonchev–Trinajstić information content (AvgIpc) is 3.52. The summed E-state index contributed by atoms with van der Waals surface area (Å²) < 4.78 is 58.9. The second-order valence-electron chi connectivity index (χ2n) is 10.7. The fourth-order valence-electron chi connectivity index (χ4n) is 6.84. The van der Waals surface area contributed by atoms with Gasteiger partial charge in [-0.3, -0.25) is 9.59 Å². The zero-order valence-electron chi connectivity index (χ0n) is 21.5. The normalized spacial score (nSPS) is 41.0. The molecule has 2 bridgehead atoms. The highest BCUT2D eigenvalue weighted by Gasteiger charge is 2.78. The monoisotopic (exact) mass is 570 g/mol. The van der Waals surface area contributed by atoms with Gasteiger partial charge in [0.05, 0.1) is 53.0 Å². The number of amides is 2. The molecule has 4 heterocycles. The van der Waals surface area contributed by atoms with E-state index in [9.17, 15) is 43.2 Å². The number of aliphatic hydroxyl groups excluding tert-OH is 4. The molecule has 4 aliphatic heterocycles. The molecule has 1 aromatic carbocycles.